The molecule has 2 saturated heterocycles. The molecule has 9 heteroatoms. The topological polar surface area (TPSA) is 81.2 Å². The van der Waals surface area contributed by atoms with Crippen molar-refractivity contribution in [1.82, 2.24) is 19.0 Å². The predicted octanol–water partition coefficient (Wildman–Crippen LogP) is 1.24. The van der Waals surface area contributed by atoms with Crippen molar-refractivity contribution in [1.29, 1.82) is 0 Å². The molecule has 0 aromatic heterocycles. The van der Waals surface area contributed by atoms with Gasteiger partial charge in [0.25, 0.3) is 0 Å². The van der Waals surface area contributed by atoms with Crippen LogP contribution in [-0.2, 0) is 19.6 Å². The first-order valence-corrected chi connectivity index (χ1v) is 12.7. The fraction of sp³-hybridized carbons (Fsp3) is 0.636. The predicted molar refractivity (Wildman–Crippen MR) is 119 cm³/mol. The Bertz CT molecular complexity index is 850. The number of hydrogen-bond donors (Lipinski definition) is 0. The number of likely N-dealkylation sites (N-methyl/N-ethyl adjacent to an activating group) is 1. The van der Waals surface area contributed by atoms with E-state index in [1.807, 2.05) is 18.7 Å². The Morgan fingerprint density at radius 3 is 2.23 bits per heavy atom. The summed E-state index contributed by atoms with van der Waals surface area (Å²) in [7, 11) is -3.71. The minimum Gasteiger partial charge on any atom is -0.342 e. The van der Waals surface area contributed by atoms with Crippen molar-refractivity contribution in [2.75, 3.05) is 52.4 Å². The highest BCUT2D eigenvalue weighted by atomic mass is 32.2. The Morgan fingerprint density at radius 1 is 0.968 bits per heavy atom. The molecule has 1 unspecified atom stereocenters. The van der Waals surface area contributed by atoms with Crippen LogP contribution >= 0.6 is 0 Å². The van der Waals surface area contributed by atoms with Crippen LogP contribution in [0.15, 0.2) is 35.2 Å². The van der Waals surface area contributed by atoms with Crippen molar-refractivity contribution in [2.24, 2.45) is 0 Å². The van der Waals surface area contributed by atoms with E-state index in [-0.39, 0.29) is 16.7 Å². The van der Waals surface area contributed by atoms with Crippen LogP contribution in [0.25, 0.3) is 0 Å². The zero-order valence-electron chi connectivity index (χ0n) is 18.6. The Morgan fingerprint density at radius 2 is 1.61 bits per heavy atom. The van der Waals surface area contributed by atoms with Gasteiger partial charge < -0.3 is 9.80 Å². The number of nitrogens with zero attached hydrogens (tertiary/aromatic N) is 4. The fourth-order valence-electron chi connectivity index (χ4n) is 4.37. The largest absolute Gasteiger partial charge is 0.342 e. The van der Waals surface area contributed by atoms with Crippen LogP contribution < -0.4 is 0 Å². The van der Waals surface area contributed by atoms with Gasteiger partial charge in [0.2, 0.25) is 21.8 Å². The number of piperidine rings is 1. The van der Waals surface area contributed by atoms with Gasteiger partial charge in [-0.2, -0.15) is 4.31 Å². The van der Waals surface area contributed by atoms with Crippen LogP contribution in [0.1, 0.15) is 33.1 Å². The van der Waals surface area contributed by atoms with E-state index in [9.17, 15) is 18.0 Å². The molecular weight excluding hydrogens is 416 g/mol. The smallest absolute Gasteiger partial charge is 0.243 e. The number of sulfonamides is 1. The van der Waals surface area contributed by atoms with Crippen LogP contribution in [0.2, 0.25) is 0 Å². The molecule has 31 heavy (non-hydrogen) atoms. The van der Waals surface area contributed by atoms with Crippen molar-refractivity contribution in [3.8, 4) is 0 Å². The summed E-state index contributed by atoms with van der Waals surface area (Å²) in [5.41, 5.74) is 0. The molecule has 1 atom stereocenters. The van der Waals surface area contributed by atoms with Crippen molar-refractivity contribution >= 4 is 21.8 Å². The lowest BCUT2D eigenvalue weighted by molar-refractivity contribution is -0.138. The molecule has 3 rings (SSSR count). The Kier molecular flexibility index (Phi) is 8.07. The Hall–Kier alpha value is -1.97. The minimum absolute atomic E-state index is 0.109. The summed E-state index contributed by atoms with van der Waals surface area (Å²) in [4.78, 5) is 31.5. The van der Waals surface area contributed by atoms with Gasteiger partial charge in [-0.15, -0.1) is 0 Å². The molecule has 1 aromatic rings. The number of hydrogen-bond acceptors (Lipinski definition) is 5. The summed E-state index contributed by atoms with van der Waals surface area (Å²) < 4.78 is 27.8. The molecule has 0 aliphatic carbocycles. The molecule has 2 aliphatic heterocycles. The maximum absolute atomic E-state index is 13.3. The lowest BCUT2D eigenvalue weighted by atomic mass is 10.0. The Labute approximate surface area is 185 Å². The van der Waals surface area contributed by atoms with E-state index in [2.05, 4.69) is 4.90 Å². The molecule has 0 N–H and O–H groups in total. The first kappa shape index (κ1) is 23.7. The van der Waals surface area contributed by atoms with Crippen molar-refractivity contribution in [3.63, 3.8) is 0 Å². The third-order valence-electron chi connectivity index (χ3n) is 6.25. The number of benzene rings is 1. The summed E-state index contributed by atoms with van der Waals surface area (Å²) in [6.45, 7) is 8.33. The fourth-order valence-corrected chi connectivity index (χ4v) is 6.04. The average molecular weight is 451 g/mol. The third kappa shape index (κ3) is 5.45. The highest BCUT2D eigenvalue weighted by Gasteiger charge is 2.40. The molecule has 0 spiro atoms. The number of rotatable bonds is 7. The molecule has 2 amide bonds. The van der Waals surface area contributed by atoms with Crippen LogP contribution in [0, 0.1) is 0 Å². The molecule has 8 nitrogen and oxygen atoms in total. The second-order valence-electron chi connectivity index (χ2n) is 8.11. The van der Waals surface area contributed by atoms with Gasteiger partial charge in [-0.25, -0.2) is 8.42 Å². The second-order valence-corrected chi connectivity index (χ2v) is 10.00. The average Bonchev–Trinajstić information content (AvgIpc) is 2.80. The van der Waals surface area contributed by atoms with Crippen molar-refractivity contribution in [3.05, 3.63) is 30.3 Å². The SMILES string of the molecule is CCN(CC)C(=O)CN1CCN(C(=O)C2CCCCN2S(=O)(=O)c2ccccc2)CC1. The van der Waals surface area contributed by atoms with E-state index in [0.717, 1.165) is 12.8 Å². The van der Waals surface area contributed by atoms with Gasteiger partial charge in [-0.1, -0.05) is 24.6 Å². The molecule has 2 fully saturated rings. The zero-order valence-corrected chi connectivity index (χ0v) is 19.4. The lowest BCUT2D eigenvalue weighted by Gasteiger charge is -2.40. The number of carbonyl (C=O) groups excluding carboxylic acids is 2. The third-order valence-corrected chi connectivity index (χ3v) is 8.17. The van der Waals surface area contributed by atoms with Crippen molar-refractivity contribution in [2.45, 2.75) is 44.0 Å². The van der Waals surface area contributed by atoms with E-state index in [1.54, 1.807) is 35.2 Å². The lowest BCUT2D eigenvalue weighted by Crippen LogP contribution is -2.57. The maximum atomic E-state index is 13.3. The van der Waals surface area contributed by atoms with Crippen LogP contribution in [-0.4, -0.2) is 97.6 Å². The number of piperazine rings is 1. The molecule has 1 aromatic carbocycles. The Balaban J connectivity index is 1.63. The van der Waals surface area contributed by atoms with E-state index in [1.165, 1.54) is 4.31 Å². The maximum Gasteiger partial charge on any atom is 0.243 e. The standard InChI is InChI=1S/C22H34N4O4S/c1-3-24(4-2)21(27)18-23-14-16-25(17-15-23)22(28)20-12-8-9-13-26(20)31(29,30)19-10-6-5-7-11-19/h5-7,10-11,20H,3-4,8-9,12-18H2,1-2H3. The van der Waals surface area contributed by atoms with E-state index in [0.29, 0.717) is 58.8 Å². The van der Waals surface area contributed by atoms with Crippen LogP contribution in [0.5, 0.6) is 0 Å². The zero-order chi connectivity index (χ0) is 22.4. The number of amides is 2. The van der Waals surface area contributed by atoms with Gasteiger partial charge in [0.05, 0.1) is 11.4 Å². The first-order valence-electron chi connectivity index (χ1n) is 11.2. The van der Waals surface area contributed by atoms with Gasteiger partial charge in [0.15, 0.2) is 0 Å². The second kappa shape index (κ2) is 10.6. The molecule has 0 bridgehead atoms. The van der Waals surface area contributed by atoms with Gasteiger partial charge in [0, 0.05) is 45.8 Å². The first-order chi connectivity index (χ1) is 14.9. The minimum atomic E-state index is -3.71. The number of carbonyl (C=O) groups is 2. The molecule has 0 saturated carbocycles. The van der Waals surface area contributed by atoms with E-state index in [4.69, 9.17) is 0 Å². The molecule has 0 radical (unpaired) electrons. The highest BCUT2D eigenvalue weighted by Crippen LogP contribution is 2.27. The molecule has 2 aliphatic rings. The van der Waals surface area contributed by atoms with Gasteiger partial charge in [0.1, 0.15) is 6.04 Å². The molecule has 2 heterocycles. The van der Waals surface area contributed by atoms with Gasteiger partial charge in [-0.05, 0) is 38.8 Å². The van der Waals surface area contributed by atoms with Gasteiger partial charge in [-0.3, -0.25) is 14.5 Å². The molecular formula is C22H34N4O4S. The molecule has 172 valence electrons. The van der Waals surface area contributed by atoms with Crippen LogP contribution in [0.4, 0.5) is 0 Å². The summed E-state index contributed by atoms with van der Waals surface area (Å²) >= 11 is 0. The summed E-state index contributed by atoms with van der Waals surface area (Å²) in [6.07, 6.45) is 2.15. The van der Waals surface area contributed by atoms with Crippen molar-refractivity contribution < 1.29 is 18.0 Å². The highest BCUT2D eigenvalue weighted by molar-refractivity contribution is 7.89. The quantitative estimate of drug-likeness (QED) is 0.624. The summed E-state index contributed by atoms with van der Waals surface area (Å²) in [6, 6.07) is 7.69. The summed E-state index contributed by atoms with van der Waals surface area (Å²) in [5.74, 6) is -0.00823. The van der Waals surface area contributed by atoms with Crippen LogP contribution in [0.3, 0.4) is 0 Å². The normalized spacial score (nSPS) is 21.1. The van der Waals surface area contributed by atoms with E-state index >= 15 is 0 Å². The monoisotopic (exact) mass is 450 g/mol. The van der Waals surface area contributed by atoms with E-state index < -0.39 is 16.1 Å². The summed E-state index contributed by atoms with van der Waals surface area (Å²) in [5, 5.41) is 0. The van der Waals surface area contributed by atoms with Gasteiger partial charge >= 0.3 is 0 Å².